The largest absolute Gasteiger partial charge is 0.506 e. The van der Waals surface area contributed by atoms with Crippen LogP contribution in [0.2, 0.25) is 0 Å². The number of rotatable bonds is 3. The number of hydrogen-bond donors (Lipinski definition) is 2. The number of aryl methyl sites for hydroxylation is 1. The van der Waals surface area contributed by atoms with Gasteiger partial charge in [-0.1, -0.05) is 42.5 Å². The molecule has 0 bridgehead atoms. The second-order valence-corrected chi connectivity index (χ2v) is 5.71. The number of amides is 1. The van der Waals surface area contributed by atoms with Crippen LogP contribution >= 0.6 is 0 Å². The van der Waals surface area contributed by atoms with E-state index in [1.807, 2.05) is 37.3 Å². The molecule has 2 aromatic carbocycles. The molecule has 24 heavy (non-hydrogen) atoms. The third-order valence-electron chi connectivity index (χ3n) is 4.15. The summed E-state index contributed by atoms with van der Waals surface area (Å²) in [6.45, 7) is 1.83. The Balaban J connectivity index is 2.03. The molecule has 0 aliphatic carbocycles. The van der Waals surface area contributed by atoms with Crippen LogP contribution in [0.3, 0.4) is 0 Å². The molecule has 2 N–H and O–H groups in total. The van der Waals surface area contributed by atoms with Crippen molar-refractivity contribution in [3.63, 3.8) is 0 Å². The first-order chi connectivity index (χ1) is 11.5. The zero-order valence-electron chi connectivity index (χ0n) is 13.5. The normalized spacial score (nSPS) is 12.1. The number of nitrogens with zero attached hydrogens (tertiary/aromatic N) is 1. The van der Waals surface area contributed by atoms with Gasteiger partial charge in [-0.3, -0.25) is 9.59 Å². The molecule has 1 atom stereocenters. The van der Waals surface area contributed by atoms with Gasteiger partial charge >= 0.3 is 0 Å². The van der Waals surface area contributed by atoms with E-state index in [2.05, 4.69) is 5.32 Å². The van der Waals surface area contributed by atoms with Crippen molar-refractivity contribution in [2.75, 3.05) is 0 Å². The zero-order chi connectivity index (χ0) is 17.3. The number of para-hydroxylation sites is 1. The highest BCUT2D eigenvalue weighted by molar-refractivity contribution is 6.02. The highest BCUT2D eigenvalue weighted by Gasteiger charge is 2.22. The summed E-state index contributed by atoms with van der Waals surface area (Å²) in [6, 6.07) is 16.1. The van der Waals surface area contributed by atoms with E-state index in [-0.39, 0.29) is 17.4 Å². The summed E-state index contributed by atoms with van der Waals surface area (Å²) in [5.74, 6) is -0.873. The van der Waals surface area contributed by atoms with Crippen molar-refractivity contribution in [1.82, 2.24) is 9.88 Å². The molecule has 3 aromatic rings. The topological polar surface area (TPSA) is 71.3 Å². The minimum absolute atomic E-state index is 0.237. The van der Waals surface area contributed by atoms with Gasteiger partial charge in [0.1, 0.15) is 11.3 Å². The number of aromatic hydroxyl groups is 1. The van der Waals surface area contributed by atoms with Crippen molar-refractivity contribution in [3.8, 4) is 5.75 Å². The van der Waals surface area contributed by atoms with Crippen LogP contribution in [0.1, 0.15) is 28.9 Å². The maximum atomic E-state index is 12.6. The van der Waals surface area contributed by atoms with Crippen molar-refractivity contribution in [3.05, 3.63) is 76.1 Å². The van der Waals surface area contributed by atoms with E-state index in [1.54, 1.807) is 31.3 Å². The predicted molar refractivity (Wildman–Crippen MR) is 93.2 cm³/mol. The van der Waals surface area contributed by atoms with Gasteiger partial charge in [-0.2, -0.15) is 0 Å². The van der Waals surface area contributed by atoms with Crippen molar-refractivity contribution in [2.24, 2.45) is 7.05 Å². The van der Waals surface area contributed by atoms with E-state index in [0.717, 1.165) is 5.56 Å². The first-order valence-electron chi connectivity index (χ1n) is 7.67. The third-order valence-corrected chi connectivity index (χ3v) is 4.15. The second-order valence-electron chi connectivity index (χ2n) is 5.71. The van der Waals surface area contributed by atoms with Gasteiger partial charge < -0.3 is 15.0 Å². The molecule has 0 aliphatic heterocycles. The monoisotopic (exact) mass is 322 g/mol. The molecule has 0 aliphatic rings. The van der Waals surface area contributed by atoms with Crippen molar-refractivity contribution in [1.29, 1.82) is 0 Å². The molecule has 0 fully saturated rings. The summed E-state index contributed by atoms with van der Waals surface area (Å²) in [5, 5.41) is 13.7. The molecule has 0 spiro atoms. The van der Waals surface area contributed by atoms with Crippen molar-refractivity contribution < 1.29 is 9.90 Å². The Bertz CT molecular complexity index is 962. The fourth-order valence-corrected chi connectivity index (χ4v) is 2.78. The molecule has 3 rings (SSSR count). The Morgan fingerprint density at radius 2 is 1.71 bits per heavy atom. The van der Waals surface area contributed by atoms with Gasteiger partial charge in [-0.25, -0.2) is 0 Å². The average molecular weight is 322 g/mol. The van der Waals surface area contributed by atoms with Crippen LogP contribution in [0, 0.1) is 0 Å². The number of carbonyl (C=O) groups excluding carboxylic acids is 1. The number of fused-ring (bicyclic) bond motifs is 1. The van der Waals surface area contributed by atoms with Crippen LogP contribution in [0.25, 0.3) is 10.9 Å². The molecule has 1 heterocycles. The highest BCUT2D eigenvalue weighted by atomic mass is 16.3. The molecule has 1 amide bonds. The average Bonchev–Trinajstić information content (AvgIpc) is 2.60. The summed E-state index contributed by atoms with van der Waals surface area (Å²) in [5.41, 5.74) is 0.735. The smallest absolute Gasteiger partial charge is 0.267 e. The number of pyridine rings is 1. The standard InChI is InChI=1S/C19H18N2O3/c1-12(13-8-4-3-5-9-13)20-18(23)16-17(22)14-10-6-7-11-15(14)21(2)19(16)24/h3-12,22H,1-2H3,(H,20,23)/t12-/m1/s1. The van der Waals surface area contributed by atoms with Gasteiger partial charge in [0.25, 0.3) is 11.5 Å². The van der Waals surface area contributed by atoms with Crippen LogP contribution < -0.4 is 10.9 Å². The number of carbonyl (C=O) groups is 1. The van der Waals surface area contributed by atoms with Crippen molar-refractivity contribution >= 4 is 16.8 Å². The molecule has 0 saturated heterocycles. The molecule has 0 radical (unpaired) electrons. The van der Waals surface area contributed by atoms with Gasteiger partial charge in [0, 0.05) is 12.4 Å². The van der Waals surface area contributed by atoms with E-state index in [4.69, 9.17) is 0 Å². The van der Waals surface area contributed by atoms with E-state index in [0.29, 0.717) is 10.9 Å². The molecule has 0 unspecified atom stereocenters. The molecular formula is C19H18N2O3. The maximum absolute atomic E-state index is 12.6. The van der Waals surface area contributed by atoms with E-state index >= 15 is 0 Å². The summed E-state index contributed by atoms with van der Waals surface area (Å²) in [7, 11) is 1.58. The Kier molecular flexibility index (Phi) is 4.08. The molecule has 5 nitrogen and oxygen atoms in total. The number of nitrogens with one attached hydrogen (secondary N) is 1. The van der Waals surface area contributed by atoms with Crippen LogP contribution in [-0.2, 0) is 7.05 Å². The van der Waals surface area contributed by atoms with E-state index < -0.39 is 11.5 Å². The fraction of sp³-hybridized carbons (Fsp3) is 0.158. The summed E-state index contributed by atoms with van der Waals surface area (Å²) >= 11 is 0. The lowest BCUT2D eigenvalue weighted by Gasteiger charge is -2.16. The first kappa shape index (κ1) is 15.8. The SMILES string of the molecule is C[C@@H](NC(=O)c1c(O)c2ccccc2n(C)c1=O)c1ccccc1. The lowest BCUT2D eigenvalue weighted by Crippen LogP contribution is -2.34. The molecule has 5 heteroatoms. The lowest BCUT2D eigenvalue weighted by atomic mass is 10.1. The van der Waals surface area contributed by atoms with E-state index in [9.17, 15) is 14.7 Å². The van der Waals surface area contributed by atoms with Crippen LogP contribution in [0.15, 0.2) is 59.4 Å². The van der Waals surface area contributed by atoms with Gasteiger partial charge in [-0.15, -0.1) is 0 Å². The molecule has 0 saturated carbocycles. The lowest BCUT2D eigenvalue weighted by molar-refractivity contribution is 0.0935. The Morgan fingerprint density at radius 1 is 1.08 bits per heavy atom. The Hall–Kier alpha value is -3.08. The molecule has 1 aromatic heterocycles. The molecular weight excluding hydrogens is 304 g/mol. The fourth-order valence-electron chi connectivity index (χ4n) is 2.78. The summed E-state index contributed by atoms with van der Waals surface area (Å²) in [4.78, 5) is 25.1. The van der Waals surface area contributed by atoms with Crippen LogP contribution in [0.5, 0.6) is 5.75 Å². The zero-order valence-corrected chi connectivity index (χ0v) is 13.5. The van der Waals surface area contributed by atoms with Gasteiger partial charge in [-0.05, 0) is 24.6 Å². The van der Waals surface area contributed by atoms with Crippen LogP contribution in [0.4, 0.5) is 0 Å². The Labute approximate surface area is 139 Å². The minimum atomic E-state index is -0.588. The Morgan fingerprint density at radius 3 is 2.42 bits per heavy atom. The minimum Gasteiger partial charge on any atom is -0.506 e. The number of hydrogen-bond acceptors (Lipinski definition) is 3. The highest BCUT2D eigenvalue weighted by Crippen LogP contribution is 2.26. The quantitative estimate of drug-likeness (QED) is 0.779. The first-order valence-corrected chi connectivity index (χ1v) is 7.67. The van der Waals surface area contributed by atoms with Gasteiger partial charge in [0.05, 0.1) is 11.6 Å². The summed E-state index contributed by atoms with van der Waals surface area (Å²) in [6.07, 6.45) is 0. The van der Waals surface area contributed by atoms with Gasteiger partial charge in [0.15, 0.2) is 0 Å². The van der Waals surface area contributed by atoms with Gasteiger partial charge in [0.2, 0.25) is 0 Å². The van der Waals surface area contributed by atoms with Crippen LogP contribution in [-0.4, -0.2) is 15.6 Å². The number of aromatic nitrogens is 1. The third kappa shape index (κ3) is 2.65. The number of benzene rings is 2. The van der Waals surface area contributed by atoms with E-state index in [1.165, 1.54) is 4.57 Å². The molecule has 122 valence electrons. The second kappa shape index (κ2) is 6.20. The predicted octanol–water partition coefficient (Wildman–Crippen LogP) is 2.74. The maximum Gasteiger partial charge on any atom is 0.267 e. The van der Waals surface area contributed by atoms with Crippen molar-refractivity contribution in [2.45, 2.75) is 13.0 Å². The summed E-state index contributed by atoms with van der Waals surface area (Å²) < 4.78 is 1.37.